The van der Waals surface area contributed by atoms with Crippen molar-refractivity contribution in [1.29, 1.82) is 0 Å². The van der Waals surface area contributed by atoms with Gasteiger partial charge in [-0.2, -0.15) is 0 Å². The molecular formula is C10H10BrFN2O. The molecule has 0 spiro atoms. The third kappa shape index (κ3) is 2.35. The van der Waals surface area contributed by atoms with E-state index in [1.807, 2.05) is 0 Å². The standard InChI is InChI=1S/C10H10BrFN2O/c11-7-3-5(12)1-2-6(7)10(15)14-9-4-8(9)13/h1-3,8-9H,4,13H2,(H,14,15). The molecular weight excluding hydrogens is 263 g/mol. The van der Waals surface area contributed by atoms with Crippen molar-refractivity contribution in [2.45, 2.75) is 18.5 Å². The minimum absolute atomic E-state index is 0.0631. The molecule has 1 saturated carbocycles. The number of hydrogen-bond acceptors (Lipinski definition) is 2. The zero-order valence-electron chi connectivity index (χ0n) is 7.84. The first-order valence-electron chi connectivity index (χ1n) is 4.59. The Balaban J connectivity index is 2.11. The second kappa shape index (κ2) is 3.90. The predicted octanol–water partition coefficient (Wildman–Crippen LogP) is 1.42. The van der Waals surface area contributed by atoms with E-state index in [2.05, 4.69) is 21.2 Å². The van der Waals surface area contributed by atoms with Crippen molar-refractivity contribution in [2.24, 2.45) is 5.73 Å². The van der Waals surface area contributed by atoms with Crippen molar-refractivity contribution in [3.63, 3.8) is 0 Å². The van der Waals surface area contributed by atoms with Crippen LogP contribution in [-0.4, -0.2) is 18.0 Å². The molecule has 1 aromatic rings. The smallest absolute Gasteiger partial charge is 0.252 e. The van der Waals surface area contributed by atoms with Crippen molar-refractivity contribution in [2.75, 3.05) is 0 Å². The molecule has 80 valence electrons. The maximum atomic E-state index is 12.8. The van der Waals surface area contributed by atoms with E-state index < -0.39 is 0 Å². The maximum Gasteiger partial charge on any atom is 0.252 e. The Morgan fingerprint density at radius 2 is 2.27 bits per heavy atom. The Bertz CT molecular complexity index is 410. The van der Waals surface area contributed by atoms with E-state index >= 15 is 0 Å². The lowest BCUT2D eigenvalue weighted by Crippen LogP contribution is -2.29. The number of amides is 1. The molecule has 0 radical (unpaired) electrons. The van der Waals surface area contributed by atoms with Crippen LogP contribution < -0.4 is 11.1 Å². The third-order valence-electron chi connectivity index (χ3n) is 2.33. The van der Waals surface area contributed by atoms with Crippen molar-refractivity contribution in [3.8, 4) is 0 Å². The van der Waals surface area contributed by atoms with Crippen molar-refractivity contribution in [1.82, 2.24) is 5.32 Å². The number of nitrogens with two attached hydrogens (primary N) is 1. The van der Waals surface area contributed by atoms with Gasteiger partial charge in [0, 0.05) is 16.6 Å². The van der Waals surface area contributed by atoms with E-state index in [1.54, 1.807) is 0 Å². The van der Waals surface area contributed by atoms with Crippen LogP contribution in [0.2, 0.25) is 0 Å². The highest BCUT2D eigenvalue weighted by Gasteiger charge is 2.35. The van der Waals surface area contributed by atoms with Crippen LogP contribution in [0.1, 0.15) is 16.8 Å². The molecule has 0 heterocycles. The SMILES string of the molecule is NC1CC1NC(=O)c1ccc(F)cc1Br. The van der Waals surface area contributed by atoms with Crippen LogP contribution in [0, 0.1) is 5.82 Å². The molecule has 0 saturated heterocycles. The molecule has 1 amide bonds. The maximum absolute atomic E-state index is 12.8. The van der Waals surface area contributed by atoms with Gasteiger partial charge in [0.2, 0.25) is 0 Å². The molecule has 3 N–H and O–H groups in total. The Morgan fingerprint density at radius 3 is 2.80 bits per heavy atom. The Hall–Kier alpha value is -0.940. The number of carbonyl (C=O) groups excluding carboxylic acids is 1. The number of nitrogens with one attached hydrogen (secondary N) is 1. The minimum atomic E-state index is -0.374. The lowest BCUT2D eigenvalue weighted by Gasteiger charge is -2.05. The van der Waals surface area contributed by atoms with Crippen LogP contribution in [-0.2, 0) is 0 Å². The molecule has 2 rings (SSSR count). The van der Waals surface area contributed by atoms with E-state index in [-0.39, 0.29) is 23.8 Å². The third-order valence-corrected chi connectivity index (χ3v) is 2.99. The van der Waals surface area contributed by atoms with Gasteiger partial charge in [-0.1, -0.05) is 0 Å². The van der Waals surface area contributed by atoms with E-state index in [1.165, 1.54) is 18.2 Å². The molecule has 0 aromatic heterocycles. The summed E-state index contributed by atoms with van der Waals surface area (Å²) in [6.07, 6.45) is 0.810. The highest BCUT2D eigenvalue weighted by Crippen LogP contribution is 2.21. The Morgan fingerprint density at radius 1 is 1.60 bits per heavy atom. The summed E-state index contributed by atoms with van der Waals surface area (Å²) in [4.78, 5) is 11.7. The first-order valence-corrected chi connectivity index (χ1v) is 5.38. The van der Waals surface area contributed by atoms with Crippen LogP contribution in [0.4, 0.5) is 4.39 Å². The van der Waals surface area contributed by atoms with Gasteiger partial charge in [-0.25, -0.2) is 4.39 Å². The topological polar surface area (TPSA) is 55.1 Å². The van der Waals surface area contributed by atoms with Gasteiger partial charge in [0.25, 0.3) is 5.91 Å². The highest BCUT2D eigenvalue weighted by atomic mass is 79.9. The van der Waals surface area contributed by atoms with Gasteiger partial charge in [0.15, 0.2) is 0 Å². The zero-order valence-corrected chi connectivity index (χ0v) is 9.42. The van der Waals surface area contributed by atoms with Crippen molar-refractivity contribution < 1.29 is 9.18 Å². The predicted molar refractivity (Wildman–Crippen MR) is 57.9 cm³/mol. The molecule has 1 aliphatic rings. The Labute approximate surface area is 95.0 Å². The average molecular weight is 273 g/mol. The van der Waals surface area contributed by atoms with Crippen LogP contribution in [0.25, 0.3) is 0 Å². The lowest BCUT2D eigenvalue weighted by molar-refractivity contribution is 0.0949. The molecule has 1 aliphatic carbocycles. The van der Waals surface area contributed by atoms with Gasteiger partial charge < -0.3 is 11.1 Å². The molecule has 2 unspecified atom stereocenters. The van der Waals surface area contributed by atoms with E-state index in [9.17, 15) is 9.18 Å². The van der Waals surface area contributed by atoms with E-state index in [0.717, 1.165) is 6.42 Å². The summed E-state index contributed by atoms with van der Waals surface area (Å²) in [6.45, 7) is 0. The fourth-order valence-corrected chi connectivity index (χ4v) is 1.83. The van der Waals surface area contributed by atoms with Crippen LogP contribution in [0.5, 0.6) is 0 Å². The van der Waals surface area contributed by atoms with Gasteiger partial charge in [-0.05, 0) is 40.5 Å². The lowest BCUT2D eigenvalue weighted by atomic mass is 10.2. The first-order chi connectivity index (χ1) is 7.08. The Kier molecular flexibility index (Phi) is 2.75. The van der Waals surface area contributed by atoms with Crippen molar-refractivity contribution in [3.05, 3.63) is 34.1 Å². The van der Waals surface area contributed by atoms with Crippen LogP contribution in [0.3, 0.4) is 0 Å². The summed E-state index contributed by atoms with van der Waals surface area (Å²) in [5.74, 6) is -0.596. The first kappa shape index (κ1) is 10.6. The van der Waals surface area contributed by atoms with Crippen LogP contribution >= 0.6 is 15.9 Å². The van der Waals surface area contributed by atoms with E-state index in [0.29, 0.717) is 10.0 Å². The quantitative estimate of drug-likeness (QED) is 0.856. The molecule has 15 heavy (non-hydrogen) atoms. The number of hydrogen-bond donors (Lipinski definition) is 2. The molecule has 5 heteroatoms. The minimum Gasteiger partial charge on any atom is -0.348 e. The van der Waals surface area contributed by atoms with Crippen LogP contribution in [0.15, 0.2) is 22.7 Å². The number of carbonyl (C=O) groups is 1. The van der Waals surface area contributed by atoms with Gasteiger partial charge in [0.05, 0.1) is 5.56 Å². The summed E-state index contributed by atoms with van der Waals surface area (Å²) < 4.78 is 13.2. The average Bonchev–Trinajstić information content (AvgIpc) is 2.81. The number of rotatable bonds is 2. The summed E-state index contributed by atoms with van der Waals surface area (Å²) >= 11 is 3.14. The second-order valence-corrected chi connectivity index (χ2v) is 4.46. The second-order valence-electron chi connectivity index (χ2n) is 3.60. The summed E-state index contributed by atoms with van der Waals surface area (Å²) in [5.41, 5.74) is 5.99. The summed E-state index contributed by atoms with van der Waals surface area (Å²) in [7, 11) is 0. The number of halogens is 2. The molecule has 0 bridgehead atoms. The highest BCUT2D eigenvalue weighted by molar-refractivity contribution is 9.10. The normalized spacial score (nSPS) is 23.7. The zero-order chi connectivity index (χ0) is 11.0. The molecule has 1 aromatic carbocycles. The van der Waals surface area contributed by atoms with Gasteiger partial charge in [-0.3, -0.25) is 4.79 Å². The summed E-state index contributed by atoms with van der Waals surface area (Å²) in [6, 6.07) is 4.10. The number of benzene rings is 1. The fraction of sp³-hybridized carbons (Fsp3) is 0.300. The molecule has 2 atom stereocenters. The summed E-state index contributed by atoms with van der Waals surface area (Å²) in [5, 5.41) is 2.76. The van der Waals surface area contributed by atoms with Gasteiger partial charge in [0.1, 0.15) is 5.82 Å². The largest absolute Gasteiger partial charge is 0.348 e. The molecule has 0 aliphatic heterocycles. The van der Waals surface area contributed by atoms with Gasteiger partial charge >= 0.3 is 0 Å². The van der Waals surface area contributed by atoms with Gasteiger partial charge in [-0.15, -0.1) is 0 Å². The molecule has 1 fully saturated rings. The van der Waals surface area contributed by atoms with Crippen molar-refractivity contribution >= 4 is 21.8 Å². The monoisotopic (exact) mass is 272 g/mol. The fourth-order valence-electron chi connectivity index (χ4n) is 1.30. The van der Waals surface area contributed by atoms with E-state index in [4.69, 9.17) is 5.73 Å². The molecule has 3 nitrogen and oxygen atoms in total.